The summed E-state index contributed by atoms with van der Waals surface area (Å²) in [5.41, 5.74) is 2.89. The summed E-state index contributed by atoms with van der Waals surface area (Å²) in [4.78, 5) is 14.1. The maximum atomic E-state index is 12.2. The van der Waals surface area contributed by atoms with Gasteiger partial charge in [-0.1, -0.05) is 43.6 Å². The highest BCUT2D eigenvalue weighted by Gasteiger charge is 2.20. The number of ether oxygens (including phenoxy) is 1. The maximum Gasteiger partial charge on any atom is 0.240 e. The number of nitrogens with one attached hydrogen (secondary N) is 1. The minimum Gasteiger partial charge on any atom is -0.496 e. The average molecular weight is 345 g/mol. The van der Waals surface area contributed by atoms with E-state index in [2.05, 4.69) is 16.5 Å². The van der Waals surface area contributed by atoms with Crippen LogP contribution in [0.15, 0.2) is 28.8 Å². The van der Waals surface area contributed by atoms with Crippen LogP contribution in [-0.2, 0) is 16.8 Å². The van der Waals surface area contributed by atoms with Gasteiger partial charge in [-0.25, -0.2) is 0 Å². The molecule has 1 aromatic heterocycles. The van der Waals surface area contributed by atoms with E-state index in [1.54, 1.807) is 13.2 Å². The molecule has 0 atom stereocenters. The summed E-state index contributed by atoms with van der Waals surface area (Å²) in [5, 5.41) is 6.75. The first kappa shape index (κ1) is 19.0. The van der Waals surface area contributed by atoms with E-state index < -0.39 is 0 Å². The Bertz CT molecular complexity index is 732. The second kappa shape index (κ2) is 7.70. The largest absolute Gasteiger partial charge is 0.496 e. The summed E-state index contributed by atoms with van der Waals surface area (Å²) in [6.07, 6.45) is 0. The molecule has 0 aliphatic heterocycles. The van der Waals surface area contributed by atoms with Crippen LogP contribution in [0.2, 0.25) is 0 Å². The number of anilines is 1. The molecule has 0 saturated carbocycles. The standard InChI is InChI=1S/C19H27N3O3/c1-13-7-8-15(24-6)14(9-13)11-22(5)12-17(23)20-18-10-16(21-25-18)19(2,3)4/h7-10H,11-12H2,1-6H3,(H,20,23). The van der Waals surface area contributed by atoms with Crippen molar-refractivity contribution in [3.63, 3.8) is 0 Å². The lowest BCUT2D eigenvalue weighted by Crippen LogP contribution is -2.29. The van der Waals surface area contributed by atoms with E-state index in [4.69, 9.17) is 9.26 Å². The first-order valence-electron chi connectivity index (χ1n) is 8.28. The van der Waals surface area contributed by atoms with Gasteiger partial charge in [0, 0.05) is 23.6 Å². The number of amides is 1. The molecule has 0 aliphatic rings. The maximum absolute atomic E-state index is 12.2. The van der Waals surface area contributed by atoms with Crippen molar-refractivity contribution in [2.24, 2.45) is 0 Å². The summed E-state index contributed by atoms with van der Waals surface area (Å²) in [6, 6.07) is 7.79. The molecule has 136 valence electrons. The van der Waals surface area contributed by atoms with Gasteiger partial charge in [-0.05, 0) is 20.0 Å². The molecule has 1 N–H and O–H groups in total. The highest BCUT2D eigenvalue weighted by atomic mass is 16.5. The average Bonchev–Trinajstić information content (AvgIpc) is 2.95. The van der Waals surface area contributed by atoms with Crippen LogP contribution in [0.25, 0.3) is 0 Å². The highest BCUT2D eigenvalue weighted by molar-refractivity contribution is 5.90. The van der Waals surface area contributed by atoms with E-state index in [1.807, 2.05) is 51.8 Å². The lowest BCUT2D eigenvalue weighted by molar-refractivity contribution is -0.117. The molecule has 6 nitrogen and oxygen atoms in total. The van der Waals surface area contributed by atoms with Crippen molar-refractivity contribution < 1.29 is 14.1 Å². The Hall–Kier alpha value is -2.34. The second-order valence-electron chi connectivity index (χ2n) is 7.36. The molecule has 0 spiro atoms. The van der Waals surface area contributed by atoms with Crippen LogP contribution < -0.4 is 10.1 Å². The molecule has 2 aromatic rings. The number of carbonyl (C=O) groups excluding carboxylic acids is 1. The topological polar surface area (TPSA) is 67.6 Å². The van der Waals surface area contributed by atoms with Gasteiger partial charge >= 0.3 is 0 Å². The predicted molar refractivity (Wildman–Crippen MR) is 97.9 cm³/mol. The van der Waals surface area contributed by atoms with Crippen LogP contribution in [0.5, 0.6) is 5.75 Å². The van der Waals surface area contributed by atoms with Crippen molar-refractivity contribution >= 4 is 11.8 Å². The first-order chi connectivity index (χ1) is 11.7. The summed E-state index contributed by atoms with van der Waals surface area (Å²) in [7, 11) is 3.54. The third kappa shape index (κ3) is 5.32. The summed E-state index contributed by atoms with van der Waals surface area (Å²) < 4.78 is 10.6. The fraction of sp³-hybridized carbons (Fsp3) is 0.474. The quantitative estimate of drug-likeness (QED) is 0.869. The Morgan fingerprint density at radius 1 is 1.32 bits per heavy atom. The number of aromatic nitrogens is 1. The zero-order valence-corrected chi connectivity index (χ0v) is 15.8. The first-order valence-corrected chi connectivity index (χ1v) is 8.28. The molecule has 0 fully saturated rings. The minimum absolute atomic E-state index is 0.120. The number of hydrogen-bond acceptors (Lipinski definition) is 5. The van der Waals surface area contributed by atoms with E-state index in [-0.39, 0.29) is 17.9 Å². The van der Waals surface area contributed by atoms with Crippen molar-refractivity contribution in [3.05, 3.63) is 41.1 Å². The molecular weight excluding hydrogens is 318 g/mol. The van der Waals surface area contributed by atoms with E-state index in [0.29, 0.717) is 12.4 Å². The van der Waals surface area contributed by atoms with Gasteiger partial charge in [-0.3, -0.25) is 15.0 Å². The van der Waals surface area contributed by atoms with Crippen LogP contribution in [-0.4, -0.2) is 36.7 Å². The van der Waals surface area contributed by atoms with E-state index in [0.717, 1.165) is 22.6 Å². The fourth-order valence-electron chi connectivity index (χ4n) is 2.49. The smallest absolute Gasteiger partial charge is 0.240 e. The SMILES string of the molecule is COc1ccc(C)cc1CN(C)CC(=O)Nc1cc(C(C)(C)C)no1. The van der Waals surface area contributed by atoms with Crippen molar-refractivity contribution in [2.45, 2.75) is 39.7 Å². The normalized spacial score (nSPS) is 11.6. The highest BCUT2D eigenvalue weighted by Crippen LogP contribution is 2.24. The molecule has 2 rings (SSSR count). The third-order valence-corrected chi connectivity index (χ3v) is 3.83. The molecule has 0 radical (unpaired) electrons. The number of rotatable bonds is 6. The fourth-order valence-corrected chi connectivity index (χ4v) is 2.49. The Morgan fingerprint density at radius 3 is 2.64 bits per heavy atom. The molecule has 0 aliphatic carbocycles. The van der Waals surface area contributed by atoms with Gasteiger partial charge in [-0.15, -0.1) is 0 Å². The Kier molecular flexibility index (Phi) is 5.85. The number of nitrogens with zero attached hydrogens (tertiary/aromatic N) is 2. The van der Waals surface area contributed by atoms with Gasteiger partial charge in [0.2, 0.25) is 11.8 Å². The van der Waals surface area contributed by atoms with Crippen LogP contribution in [0.4, 0.5) is 5.88 Å². The third-order valence-electron chi connectivity index (χ3n) is 3.83. The van der Waals surface area contributed by atoms with E-state index in [9.17, 15) is 4.79 Å². The van der Waals surface area contributed by atoms with Gasteiger partial charge in [0.15, 0.2) is 0 Å². The number of likely N-dealkylation sites (N-methyl/N-ethyl adjacent to an activating group) is 1. The molecule has 1 heterocycles. The second-order valence-corrected chi connectivity index (χ2v) is 7.36. The zero-order valence-electron chi connectivity index (χ0n) is 15.8. The Labute approximate surface area is 149 Å². The van der Waals surface area contributed by atoms with Crippen molar-refractivity contribution in [1.29, 1.82) is 0 Å². The molecule has 6 heteroatoms. The number of methoxy groups -OCH3 is 1. The van der Waals surface area contributed by atoms with E-state index >= 15 is 0 Å². The summed E-state index contributed by atoms with van der Waals surface area (Å²) in [5.74, 6) is 1.05. The number of hydrogen-bond donors (Lipinski definition) is 1. The van der Waals surface area contributed by atoms with Crippen molar-refractivity contribution in [1.82, 2.24) is 10.1 Å². The summed E-state index contributed by atoms with van der Waals surface area (Å²) >= 11 is 0. The monoisotopic (exact) mass is 345 g/mol. The number of aryl methyl sites for hydroxylation is 1. The predicted octanol–water partition coefficient (Wildman–Crippen LogP) is 3.36. The van der Waals surface area contributed by atoms with Crippen molar-refractivity contribution in [2.75, 3.05) is 26.0 Å². The number of benzene rings is 1. The van der Waals surface area contributed by atoms with Gasteiger partial charge in [0.05, 0.1) is 19.3 Å². The van der Waals surface area contributed by atoms with Gasteiger partial charge in [0.1, 0.15) is 5.75 Å². The van der Waals surface area contributed by atoms with Crippen LogP contribution in [0.3, 0.4) is 0 Å². The molecule has 0 saturated heterocycles. The Balaban J connectivity index is 1.94. The van der Waals surface area contributed by atoms with Gasteiger partial charge in [0.25, 0.3) is 0 Å². The number of carbonyl (C=O) groups is 1. The molecule has 0 bridgehead atoms. The van der Waals surface area contributed by atoms with Crippen LogP contribution in [0, 0.1) is 6.92 Å². The molecular formula is C19H27N3O3. The summed E-state index contributed by atoms with van der Waals surface area (Å²) in [6.45, 7) is 9.01. The van der Waals surface area contributed by atoms with Crippen molar-refractivity contribution in [3.8, 4) is 5.75 Å². The molecule has 1 amide bonds. The van der Waals surface area contributed by atoms with E-state index in [1.165, 1.54) is 0 Å². The molecule has 1 aromatic carbocycles. The lowest BCUT2D eigenvalue weighted by atomic mass is 9.92. The van der Waals surface area contributed by atoms with Gasteiger partial charge in [-0.2, -0.15) is 0 Å². The van der Waals surface area contributed by atoms with Crippen LogP contribution >= 0.6 is 0 Å². The molecule has 0 unspecified atom stereocenters. The molecule has 25 heavy (non-hydrogen) atoms. The van der Waals surface area contributed by atoms with Crippen LogP contribution in [0.1, 0.15) is 37.6 Å². The zero-order chi connectivity index (χ0) is 18.6. The van der Waals surface area contributed by atoms with Gasteiger partial charge < -0.3 is 9.26 Å². The Morgan fingerprint density at radius 2 is 2.04 bits per heavy atom. The lowest BCUT2D eigenvalue weighted by Gasteiger charge is -2.18. The minimum atomic E-state index is -0.147.